The van der Waals surface area contributed by atoms with Gasteiger partial charge < -0.3 is 15.4 Å². The van der Waals surface area contributed by atoms with Crippen LogP contribution in [-0.4, -0.2) is 25.6 Å². The first-order valence-corrected chi connectivity index (χ1v) is 6.00. The van der Waals surface area contributed by atoms with Crippen LogP contribution in [0.25, 0.3) is 0 Å². The lowest BCUT2D eigenvalue weighted by Gasteiger charge is -2.25. The minimum atomic E-state index is -0.406. The number of carbonyl (C=O) groups excluding carboxylic acids is 1. The van der Waals surface area contributed by atoms with E-state index in [1.54, 1.807) is 18.2 Å². The third kappa shape index (κ3) is 2.90. The number of nitrogens with one attached hydrogen (secondary N) is 2. The van der Waals surface area contributed by atoms with Gasteiger partial charge in [0.05, 0.1) is 5.69 Å². The second-order valence-corrected chi connectivity index (χ2v) is 4.42. The zero-order valence-corrected chi connectivity index (χ0v) is 10.4. The summed E-state index contributed by atoms with van der Waals surface area (Å²) in [6, 6.07) is 5.23. The molecule has 17 heavy (non-hydrogen) atoms. The van der Waals surface area contributed by atoms with Crippen molar-refractivity contribution in [1.82, 2.24) is 5.32 Å². The molecule has 0 aromatic heterocycles. The summed E-state index contributed by atoms with van der Waals surface area (Å²) in [6.07, 6.45) is 1.20. The Kier molecular flexibility index (Phi) is 3.86. The first-order chi connectivity index (χ1) is 8.20. The second kappa shape index (κ2) is 5.38. The number of ether oxygens (including phenoxy) is 1. The summed E-state index contributed by atoms with van der Waals surface area (Å²) in [4.78, 5) is 11.8. The van der Waals surface area contributed by atoms with Crippen LogP contribution in [-0.2, 0) is 4.79 Å². The number of rotatable bonds is 4. The van der Waals surface area contributed by atoms with E-state index in [0.29, 0.717) is 22.9 Å². The fourth-order valence-electron chi connectivity index (χ4n) is 1.78. The summed E-state index contributed by atoms with van der Waals surface area (Å²) >= 11 is 5.85. The summed E-state index contributed by atoms with van der Waals surface area (Å²) < 4.78 is 5.65. The van der Waals surface area contributed by atoms with Gasteiger partial charge in [-0.2, -0.15) is 0 Å². The van der Waals surface area contributed by atoms with Gasteiger partial charge in [-0.3, -0.25) is 4.79 Å². The van der Waals surface area contributed by atoms with Crippen molar-refractivity contribution in [1.29, 1.82) is 0 Å². The molecule has 1 atom stereocenters. The van der Waals surface area contributed by atoms with Crippen LogP contribution in [0.1, 0.15) is 12.8 Å². The van der Waals surface area contributed by atoms with E-state index in [-0.39, 0.29) is 5.91 Å². The Morgan fingerprint density at radius 1 is 1.53 bits per heavy atom. The van der Waals surface area contributed by atoms with Gasteiger partial charge >= 0.3 is 0 Å². The molecular formula is C12H15ClN2O2. The Hall–Kier alpha value is -1.26. The van der Waals surface area contributed by atoms with Crippen molar-refractivity contribution in [2.24, 2.45) is 0 Å². The number of hydrogen-bond donors (Lipinski definition) is 2. The molecule has 4 nitrogen and oxygen atoms in total. The van der Waals surface area contributed by atoms with Crippen LogP contribution < -0.4 is 15.4 Å². The maximum atomic E-state index is 11.8. The van der Waals surface area contributed by atoms with Crippen LogP contribution in [0.3, 0.4) is 0 Å². The van der Waals surface area contributed by atoms with Crippen molar-refractivity contribution in [3.05, 3.63) is 23.2 Å². The smallest absolute Gasteiger partial charge is 0.265 e. The van der Waals surface area contributed by atoms with Crippen LogP contribution in [0.4, 0.5) is 5.69 Å². The van der Waals surface area contributed by atoms with E-state index in [2.05, 4.69) is 10.6 Å². The van der Waals surface area contributed by atoms with Crippen molar-refractivity contribution in [2.45, 2.75) is 18.9 Å². The standard InChI is InChI=1S/C12H15ClN2O2/c1-14-6-2-3-11-12(16)15-9-7-8(13)4-5-10(9)17-11/h4-5,7,11,14H,2-3,6H2,1H3,(H,15,16). The lowest BCUT2D eigenvalue weighted by Crippen LogP contribution is -2.37. The second-order valence-electron chi connectivity index (χ2n) is 3.98. The lowest BCUT2D eigenvalue weighted by atomic mass is 10.1. The molecule has 1 aliphatic heterocycles. The number of benzene rings is 1. The zero-order valence-electron chi connectivity index (χ0n) is 9.63. The molecule has 0 radical (unpaired) electrons. The number of halogens is 1. The number of anilines is 1. The molecule has 1 amide bonds. The minimum absolute atomic E-state index is 0.101. The molecular weight excluding hydrogens is 240 g/mol. The molecule has 1 aromatic rings. The average Bonchev–Trinajstić information content (AvgIpc) is 2.30. The molecule has 0 spiro atoms. The van der Waals surface area contributed by atoms with Crippen molar-refractivity contribution < 1.29 is 9.53 Å². The van der Waals surface area contributed by atoms with Gasteiger partial charge in [0, 0.05) is 5.02 Å². The molecule has 0 fully saturated rings. The highest BCUT2D eigenvalue weighted by atomic mass is 35.5. The third-order valence-corrected chi connectivity index (χ3v) is 2.89. The third-order valence-electron chi connectivity index (χ3n) is 2.65. The molecule has 2 N–H and O–H groups in total. The molecule has 5 heteroatoms. The fraction of sp³-hybridized carbons (Fsp3) is 0.417. The van der Waals surface area contributed by atoms with E-state index in [4.69, 9.17) is 16.3 Å². The summed E-state index contributed by atoms with van der Waals surface area (Å²) in [5.74, 6) is 0.583. The minimum Gasteiger partial charge on any atom is -0.478 e. The molecule has 1 heterocycles. The highest BCUT2D eigenvalue weighted by molar-refractivity contribution is 6.31. The summed E-state index contributed by atoms with van der Waals surface area (Å²) in [6.45, 7) is 0.876. The van der Waals surface area contributed by atoms with Crippen molar-refractivity contribution in [3.8, 4) is 5.75 Å². The molecule has 1 aliphatic rings. The molecule has 1 unspecified atom stereocenters. The average molecular weight is 255 g/mol. The maximum Gasteiger partial charge on any atom is 0.265 e. The molecule has 2 rings (SSSR count). The number of amides is 1. The van der Waals surface area contributed by atoms with Crippen LogP contribution in [0.15, 0.2) is 18.2 Å². The van der Waals surface area contributed by atoms with Gasteiger partial charge in [-0.1, -0.05) is 11.6 Å². The van der Waals surface area contributed by atoms with Gasteiger partial charge in [0.15, 0.2) is 6.10 Å². The summed E-state index contributed by atoms with van der Waals surface area (Å²) in [5.41, 5.74) is 0.646. The fourth-order valence-corrected chi connectivity index (χ4v) is 1.95. The van der Waals surface area contributed by atoms with Gasteiger partial charge in [-0.15, -0.1) is 0 Å². The van der Waals surface area contributed by atoms with Gasteiger partial charge in [0.25, 0.3) is 5.91 Å². The van der Waals surface area contributed by atoms with Crippen molar-refractivity contribution in [2.75, 3.05) is 18.9 Å². The number of carbonyl (C=O) groups is 1. The van der Waals surface area contributed by atoms with Crippen LogP contribution in [0.5, 0.6) is 5.75 Å². The first kappa shape index (κ1) is 12.2. The van der Waals surface area contributed by atoms with E-state index in [0.717, 1.165) is 13.0 Å². The monoisotopic (exact) mass is 254 g/mol. The van der Waals surface area contributed by atoms with Gasteiger partial charge in [0.2, 0.25) is 0 Å². The Bertz CT molecular complexity index is 423. The normalized spacial score (nSPS) is 18.2. The Balaban J connectivity index is 2.05. The van der Waals surface area contributed by atoms with Crippen molar-refractivity contribution >= 4 is 23.2 Å². The van der Waals surface area contributed by atoms with Crippen molar-refractivity contribution in [3.63, 3.8) is 0 Å². The lowest BCUT2D eigenvalue weighted by molar-refractivity contribution is -0.123. The zero-order chi connectivity index (χ0) is 12.3. The SMILES string of the molecule is CNCCCC1Oc2ccc(Cl)cc2NC1=O. The van der Waals surface area contributed by atoms with Crippen LogP contribution >= 0.6 is 11.6 Å². The highest BCUT2D eigenvalue weighted by Crippen LogP contribution is 2.32. The topological polar surface area (TPSA) is 50.4 Å². The molecule has 0 aliphatic carbocycles. The molecule has 0 saturated carbocycles. The molecule has 0 saturated heterocycles. The largest absolute Gasteiger partial charge is 0.478 e. The Morgan fingerprint density at radius 2 is 2.35 bits per heavy atom. The summed E-state index contributed by atoms with van der Waals surface area (Å²) in [5, 5.41) is 6.44. The first-order valence-electron chi connectivity index (χ1n) is 5.62. The van der Waals surface area contributed by atoms with Gasteiger partial charge in [0.1, 0.15) is 5.75 Å². The van der Waals surface area contributed by atoms with E-state index in [1.165, 1.54) is 0 Å². The van der Waals surface area contributed by atoms with E-state index < -0.39 is 6.10 Å². The predicted molar refractivity (Wildman–Crippen MR) is 67.7 cm³/mol. The predicted octanol–water partition coefficient (Wildman–Crippen LogP) is 2.04. The number of fused-ring (bicyclic) bond motifs is 1. The van der Waals surface area contributed by atoms with Gasteiger partial charge in [-0.25, -0.2) is 0 Å². The number of hydrogen-bond acceptors (Lipinski definition) is 3. The highest BCUT2D eigenvalue weighted by Gasteiger charge is 2.26. The quantitative estimate of drug-likeness (QED) is 0.809. The van der Waals surface area contributed by atoms with E-state index >= 15 is 0 Å². The molecule has 0 bridgehead atoms. The van der Waals surface area contributed by atoms with Gasteiger partial charge in [-0.05, 0) is 44.6 Å². The maximum absolute atomic E-state index is 11.8. The Morgan fingerprint density at radius 3 is 3.12 bits per heavy atom. The Labute approximate surface area is 105 Å². The van der Waals surface area contributed by atoms with Crippen LogP contribution in [0, 0.1) is 0 Å². The molecule has 1 aromatic carbocycles. The van der Waals surface area contributed by atoms with Crippen LogP contribution in [0.2, 0.25) is 5.02 Å². The summed E-state index contributed by atoms with van der Waals surface area (Å²) in [7, 11) is 1.89. The van der Waals surface area contributed by atoms with E-state index in [9.17, 15) is 4.79 Å². The molecule has 92 valence electrons. The van der Waals surface area contributed by atoms with E-state index in [1.807, 2.05) is 7.05 Å².